The van der Waals surface area contributed by atoms with Crippen LogP contribution in [0.1, 0.15) is 18.5 Å². The zero-order chi connectivity index (χ0) is 14.0. The SMILES string of the molecule is CC(N)c1cc(F)ccc1Sc1nnc(N(C)C)s1. The van der Waals surface area contributed by atoms with Crippen LogP contribution in [0.2, 0.25) is 0 Å². The molecule has 0 saturated heterocycles. The molecule has 0 fully saturated rings. The van der Waals surface area contributed by atoms with Crippen LogP contribution in [-0.4, -0.2) is 24.3 Å². The van der Waals surface area contributed by atoms with Gasteiger partial charge in [-0.25, -0.2) is 4.39 Å². The first kappa shape index (κ1) is 14.2. The van der Waals surface area contributed by atoms with Gasteiger partial charge in [-0.05, 0) is 30.7 Å². The molecule has 2 N–H and O–H groups in total. The largest absolute Gasteiger partial charge is 0.353 e. The van der Waals surface area contributed by atoms with E-state index in [2.05, 4.69) is 10.2 Å². The minimum atomic E-state index is -0.275. The second-order valence-electron chi connectivity index (χ2n) is 4.32. The molecule has 1 aromatic heterocycles. The maximum absolute atomic E-state index is 13.3. The molecule has 1 atom stereocenters. The lowest BCUT2D eigenvalue weighted by Gasteiger charge is -2.11. The van der Waals surface area contributed by atoms with Gasteiger partial charge in [0.1, 0.15) is 5.82 Å². The second kappa shape index (κ2) is 5.85. The summed E-state index contributed by atoms with van der Waals surface area (Å²) in [6, 6.07) is 4.41. The van der Waals surface area contributed by atoms with Gasteiger partial charge in [-0.3, -0.25) is 0 Å². The highest BCUT2D eigenvalue weighted by Gasteiger charge is 2.13. The summed E-state index contributed by atoms with van der Waals surface area (Å²) in [5, 5.41) is 9.02. The molecule has 0 amide bonds. The molecular weight excluding hydrogens is 283 g/mol. The van der Waals surface area contributed by atoms with Crippen molar-refractivity contribution in [2.75, 3.05) is 19.0 Å². The molecule has 102 valence electrons. The maximum atomic E-state index is 13.3. The molecule has 19 heavy (non-hydrogen) atoms. The number of benzene rings is 1. The molecule has 0 spiro atoms. The summed E-state index contributed by atoms with van der Waals surface area (Å²) in [4.78, 5) is 2.82. The smallest absolute Gasteiger partial charge is 0.208 e. The van der Waals surface area contributed by atoms with E-state index in [4.69, 9.17) is 5.73 Å². The number of hydrogen-bond acceptors (Lipinski definition) is 6. The number of hydrogen-bond donors (Lipinski definition) is 1. The molecule has 1 unspecified atom stereocenters. The van der Waals surface area contributed by atoms with Crippen molar-refractivity contribution in [3.8, 4) is 0 Å². The number of nitrogens with two attached hydrogens (primary N) is 1. The normalized spacial score (nSPS) is 12.5. The van der Waals surface area contributed by atoms with Gasteiger partial charge >= 0.3 is 0 Å². The summed E-state index contributed by atoms with van der Waals surface area (Å²) < 4.78 is 14.1. The van der Waals surface area contributed by atoms with E-state index in [-0.39, 0.29) is 11.9 Å². The van der Waals surface area contributed by atoms with E-state index in [1.54, 1.807) is 6.07 Å². The van der Waals surface area contributed by atoms with Crippen LogP contribution >= 0.6 is 23.1 Å². The van der Waals surface area contributed by atoms with Crippen molar-refractivity contribution in [1.82, 2.24) is 10.2 Å². The van der Waals surface area contributed by atoms with Gasteiger partial charge < -0.3 is 10.6 Å². The molecule has 7 heteroatoms. The zero-order valence-corrected chi connectivity index (χ0v) is 12.6. The van der Waals surface area contributed by atoms with E-state index >= 15 is 0 Å². The van der Waals surface area contributed by atoms with Crippen LogP contribution in [-0.2, 0) is 0 Å². The first-order valence-electron chi connectivity index (χ1n) is 5.71. The van der Waals surface area contributed by atoms with Crippen LogP contribution in [0.3, 0.4) is 0 Å². The topological polar surface area (TPSA) is 55.0 Å². The summed E-state index contributed by atoms with van der Waals surface area (Å²) >= 11 is 2.95. The van der Waals surface area contributed by atoms with Gasteiger partial charge in [0, 0.05) is 25.0 Å². The molecular formula is C12H15FN4S2. The lowest BCUT2D eigenvalue weighted by molar-refractivity contribution is 0.619. The Labute approximate surface area is 119 Å². The number of rotatable bonds is 4. The Kier molecular flexibility index (Phi) is 4.38. The molecule has 4 nitrogen and oxygen atoms in total. The third-order valence-corrected chi connectivity index (χ3v) is 4.67. The fourth-order valence-corrected chi connectivity index (χ4v) is 3.42. The van der Waals surface area contributed by atoms with E-state index in [0.717, 1.165) is 19.9 Å². The Morgan fingerprint density at radius 3 is 2.68 bits per heavy atom. The van der Waals surface area contributed by atoms with E-state index in [1.807, 2.05) is 25.9 Å². The van der Waals surface area contributed by atoms with Crippen LogP contribution in [0.15, 0.2) is 27.4 Å². The summed E-state index contributed by atoms with van der Waals surface area (Å²) in [5.74, 6) is -0.275. The number of nitrogens with zero attached hydrogens (tertiary/aromatic N) is 3. The second-order valence-corrected chi connectivity index (χ2v) is 6.56. The Hall–Kier alpha value is -1.18. The van der Waals surface area contributed by atoms with Gasteiger partial charge in [-0.1, -0.05) is 23.1 Å². The Morgan fingerprint density at radius 2 is 2.11 bits per heavy atom. The number of halogens is 1. The predicted molar refractivity (Wildman–Crippen MR) is 77.4 cm³/mol. The molecule has 0 aliphatic rings. The Morgan fingerprint density at radius 1 is 1.37 bits per heavy atom. The number of aromatic nitrogens is 2. The van der Waals surface area contributed by atoms with Crippen molar-refractivity contribution in [2.24, 2.45) is 5.73 Å². The Bertz CT molecular complexity index is 569. The summed E-state index contributed by atoms with van der Waals surface area (Å²) in [5.41, 5.74) is 6.65. The van der Waals surface area contributed by atoms with E-state index < -0.39 is 0 Å². The average Bonchev–Trinajstić information content (AvgIpc) is 2.80. The zero-order valence-electron chi connectivity index (χ0n) is 10.9. The summed E-state index contributed by atoms with van der Waals surface area (Å²) in [7, 11) is 3.83. The van der Waals surface area contributed by atoms with Gasteiger partial charge in [-0.2, -0.15) is 0 Å². The average molecular weight is 298 g/mol. The highest BCUT2D eigenvalue weighted by atomic mass is 32.2. The van der Waals surface area contributed by atoms with E-state index in [9.17, 15) is 4.39 Å². The Balaban J connectivity index is 2.27. The van der Waals surface area contributed by atoms with Crippen LogP contribution < -0.4 is 10.6 Å². The summed E-state index contributed by atoms with van der Waals surface area (Å²) in [6.07, 6.45) is 0. The van der Waals surface area contributed by atoms with Gasteiger partial charge in [0.05, 0.1) is 0 Å². The molecule has 1 aromatic carbocycles. The molecule has 1 heterocycles. The molecule has 0 radical (unpaired) electrons. The van der Waals surface area contributed by atoms with Crippen molar-refractivity contribution in [3.63, 3.8) is 0 Å². The van der Waals surface area contributed by atoms with Crippen LogP contribution in [0, 0.1) is 5.82 Å². The standard InChI is InChI=1S/C12H15FN4S2/c1-7(14)9-6-8(13)4-5-10(9)18-12-16-15-11(19-12)17(2)3/h4-7H,14H2,1-3H3. The minimum absolute atomic E-state index is 0.223. The van der Waals surface area contributed by atoms with Gasteiger partial charge in [0.15, 0.2) is 4.34 Å². The van der Waals surface area contributed by atoms with Crippen molar-refractivity contribution in [3.05, 3.63) is 29.6 Å². The van der Waals surface area contributed by atoms with E-state index in [0.29, 0.717) is 0 Å². The van der Waals surface area contributed by atoms with Crippen LogP contribution in [0.25, 0.3) is 0 Å². The van der Waals surface area contributed by atoms with E-state index in [1.165, 1.54) is 35.2 Å². The first-order valence-corrected chi connectivity index (χ1v) is 7.34. The molecule has 0 bridgehead atoms. The molecule has 0 aliphatic heterocycles. The highest BCUT2D eigenvalue weighted by molar-refractivity contribution is 8.01. The van der Waals surface area contributed by atoms with Gasteiger partial charge in [0.2, 0.25) is 5.13 Å². The minimum Gasteiger partial charge on any atom is -0.353 e. The predicted octanol–water partition coefficient (Wildman–Crippen LogP) is 2.91. The van der Waals surface area contributed by atoms with Crippen molar-refractivity contribution in [1.29, 1.82) is 0 Å². The van der Waals surface area contributed by atoms with Gasteiger partial charge in [0.25, 0.3) is 0 Å². The van der Waals surface area contributed by atoms with Crippen molar-refractivity contribution in [2.45, 2.75) is 22.2 Å². The number of anilines is 1. The lowest BCUT2D eigenvalue weighted by atomic mass is 10.1. The fourth-order valence-electron chi connectivity index (χ4n) is 1.49. The maximum Gasteiger partial charge on any atom is 0.208 e. The van der Waals surface area contributed by atoms with Crippen LogP contribution in [0.5, 0.6) is 0 Å². The molecule has 0 aliphatic carbocycles. The third-order valence-electron chi connectivity index (χ3n) is 2.44. The van der Waals surface area contributed by atoms with Crippen LogP contribution in [0.4, 0.5) is 9.52 Å². The first-order chi connectivity index (χ1) is 8.97. The van der Waals surface area contributed by atoms with Gasteiger partial charge in [-0.15, -0.1) is 10.2 Å². The fraction of sp³-hybridized carbons (Fsp3) is 0.333. The molecule has 2 aromatic rings. The monoisotopic (exact) mass is 298 g/mol. The quantitative estimate of drug-likeness (QED) is 0.940. The van der Waals surface area contributed by atoms with Crippen molar-refractivity contribution < 1.29 is 4.39 Å². The highest BCUT2D eigenvalue weighted by Crippen LogP contribution is 2.36. The summed E-state index contributed by atoms with van der Waals surface area (Å²) in [6.45, 7) is 1.84. The lowest BCUT2D eigenvalue weighted by Crippen LogP contribution is -2.07. The van der Waals surface area contributed by atoms with Crippen molar-refractivity contribution >= 4 is 28.2 Å². The third kappa shape index (κ3) is 3.43. The molecule has 2 rings (SSSR count). The molecule has 0 saturated carbocycles.